The number of carbonyl (C=O) groups is 2. The number of amides is 1. The van der Waals surface area contributed by atoms with Crippen LogP contribution in [0.5, 0.6) is 5.75 Å². The van der Waals surface area contributed by atoms with Crippen LogP contribution in [0, 0.1) is 13.8 Å². The maximum atomic E-state index is 12.5. The minimum atomic E-state index is -0.811. The van der Waals surface area contributed by atoms with Gasteiger partial charge in [0.15, 0.2) is 6.61 Å². The highest BCUT2D eigenvalue weighted by molar-refractivity contribution is 5.78. The second-order valence-electron chi connectivity index (χ2n) is 6.23. The molecule has 0 spiro atoms. The third-order valence-corrected chi connectivity index (χ3v) is 4.32. The molecule has 126 valence electrons. The van der Waals surface area contributed by atoms with Gasteiger partial charge in [0.2, 0.25) is 0 Å². The molecule has 0 saturated carbocycles. The minimum Gasteiger partial charge on any atom is -0.484 e. The zero-order chi connectivity index (χ0) is 16.8. The lowest BCUT2D eigenvalue weighted by Gasteiger charge is -2.35. The molecule has 5 nitrogen and oxygen atoms in total. The first-order valence-electron chi connectivity index (χ1n) is 8.18. The maximum Gasteiger partial charge on any atom is 0.303 e. The van der Waals surface area contributed by atoms with Crippen LogP contribution in [0.15, 0.2) is 18.2 Å². The Balaban J connectivity index is 1.93. The first-order valence-corrected chi connectivity index (χ1v) is 8.18. The number of likely N-dealkylation sites (tertiary alicyclic amines) is 1. The van der Waals surface area contributed by atoms with E-state index in [1.807, 2.05) is 32.0 Å². The molecule has 1 aromatic carbocycles. The molecule has 2 rings (SSSR count). The number of hydrogen-bond acceptors (Lipinski definition) is 3. The number of ether oxygens (including phenoxy) is 1. The van der Waals surface area contributed by atoms with Crippen molar-refractivity contribution in [1.82, 2.24) is 4.90 Å². The number of aryl methyl sites for hydroxylation is 2. The molecule has 1 fully saturated rings. The Kier molecular flexibility index (Phi) is 6.02. The first kappa shape index (κ1) is 17.3. The van der Waals surface area contributed by atoms with Crippen LogP contribution in [-0.2, 0) is 9.59 Å². The lowest BCUT2D eigenvalue weighted by atomic mass is 9.98. The van der Waals surface area contributed by atoms with Gasteiger partial charge in [-0.3, -0.25) is 9.59 Å². The highest BCUT2D eigenvalue weighted by Crippen LogP contribution is 2.22. The molecule has 5 heteroatoms. The summed E-state index contributed by atoms with van der Waals surface area (Å²) in [5, 5.41) is 8.85. The molecule has 0 radical (unpaired) electrons. The Morgan fingerprint density at radius 3 is 2.78 bits per heavy atom. The summed E-state index contributed by atoms with van der Waals surface area (Å²) < 4.78 is 5.67. The number of carboxylic acids is 1. The van der Waals surface area contributed by atoms with E-state index in [0.717, 1.165) is 36.1 Å². The summed E-state index contributed by atoms with van der Waals surface area (Å²) in [6.45, 7) is 4.68. The number of hydrogen-bond donors (Lipinski definition) is 1. The molecule has 1 saturated heterocycles. The van der Waals surface area contributed by atoms with E-state index in [1.165, 1.54) is 0 Å². The molecular formula is C18H25NO4. The Labute approximate surface area is 137 Å². The summed E-state index contributed by atoms with van der Waals surface area (Å²) in [7, 11) is 0. The van der Waals surface area contributed by atoms with Gasteiger partial charge in [0.25, 0.3) is 5.91 Å². The van der Waals surface area contributed by atoms with Crippen LogP contribution in [0.25, 0.3) is 0 Å². The zero-order valence-electron chi connectivity index (χ0n) is 13.9. The van der Waals surface area contributed by atoms with Crippen molar-refractivity contribution in [3.63, 3.8) is 0 Å². The van der Waals surface area contributed by atoms with Crippen molar-refractivity contribution in [2.45, 2.75) is 52.0 Å². The van der Waals surface area contributed by atoms with E-state index < -0.39 is 5.97 Å². The largest absolute Gasteiger partial charge is 0.484 e. The average Bonchev–Trinajstić information content (AvgIpc) is 2.52. The molecule has 1 heterocycles. The summed E-state index contributed by atoms with van der Waals surface area (Å²) in [6, 6.07) is 5.89. The van der Waals surface area contributed by atoms with Crippen molar-refractivity contribution in [3.8, 4) is 5.75 Å². The molecule has 1 aliphatic rings. The molecule has 1 aliphatic heterocycles. The first-order chi connectivity index (χ1) is 11.0. The molecule has 0 aromatic heterocycles. The van der Waals surface area contributed by atoms with Crippen molar-refractivity contribution in [2.75, 3.05) is 13.2 Å². The van der Waals surface area contributed by atoms with Gasteiger partial charge in [-0.05, 0) is 51.2 Å². The Morgan fingerprint density at radius 2 is 2.09 bits per heavy atom. The van der Waals surface area contributed by atoms with Crippen molar-refractivity contribution in [1.29, 1.82) is 0 Å². The van der Waals surface area contributed by atoms with Crippen LogP contribution < -0.4 is 4.74 Å². The Morgan fingerprint density at radius 1 is 1.30 bits per heavy atom. The lowest BCUT2D eigenvalue weighted by Crippen LogP contribution is -2.46. The van der Waals surface area contributed by atoms with Crippen molar-refractivity contribution in [2.24, 2.45) is 0 Å². The van der Waals surface area contributed by atoms with Gasteiger partial charge < -0.3 is 14.7 Å². The molecule has 1 atom stereocenters. The second-order valence-corrected chi connectivity index (χ2v) is 6.23. The fourth-order valence-electron chi connectivity index (χ4n) is 3.10. The van der Waals surface area contributed by atoms with Gasteiger partial charge in [-0.25, -0.2) is 0 Å². The van der Waals surface area contributed by atoms with Gasteiger partial charge in [0, 0.05) is 19.0 Å². The standard InChI is InChI=1S/C18H25NO4/c1-13-6-8-16(14(2)11-13)23-12-17(20)19-10-4-3-5-15(19)7-9-18(21)22/h6,8,11,15H,3-5,7,9-10,12H2,1-2H3,(H,21,22). The molecule has 0 bridgehead atoms. The number of carboxylic acid groups (broad SMARTS) is 1. The lowest BCUT2D eigenvalue weighted by molar-refractivity contribution is -0.141. The molecule has 0 aliphatic carbocycles. The number of rotatable bonds is 6. The summed E-state index contributed by atoms with van der Waals surface area (Å²) in [5.41, 5.74) is 2.17. The Hall–Kier alpha value is -2.04. The summed E-state index contributed by atoms with van der Waals surface area (Å²) in [6.07, 6.45) is 3.52. The average molecular weight is 319 g/mol. The quantitative estimate of drug-likeness (QED) is 0.875. The van der Waals surface area contributed by atoms with Crippen LogP contribution in [-0.4, -0.2) is 41.1 Å². The fourth-order valence-corrected chi connectivity index (χ4v) is 3.10. The summed E-state index contributed by atoms with van der Waals surface area (Å²) in [5.74, 6) is -0.141. The summed E-state index contributed by atoms with van der Waals surface area (Å²) in [4.78, 5) is 25.0. The maximum absolute atomic E-state index is 12.5. The van der Waals surface area contributed by atoms with Crippen molar-refractivity contribution >= 4 is 11.9 Å². The molecule has 1 amide bonds. The van der Waals surface area contributed by atoms with E-state index in [9.17, 15) is 9.59 Å². The fraction of sp³-hybridized carbons (Fsp3) is 0.556. The van der Waals surface area contributed by atoms with Crippen LogP contribution in [0.2, 0.25) is 0 Å². The predicted octanol–water partition coefficient (Wildman–Crippen LogP) is 2.93. The SMILES string of the molecule is Cc1ccc(OCC(=O)N2CCCCC2CCC(=O)O)c(C)c1. The van der Waals surface area contributed by atoms with Gasteiger partial charge >= 0.3 is 5.97 Å². The van der Waals surface area contributed by atoms with Crippen LogP contribution in [0.3, 0.4) is 0 Å². The van der Waals surface area contributed by atoms with E-state index in [4.69, 9.17) is 9.84 Å². The molecule has 1 unspecified atom stereocenters. The highest BCUT2D eigenvalue weighted by atomic mass is 16.5. The topological polar surface area (TPSA) is 66.8 Å². The normalized spacial score (nSPS) is 17.8. The second kappa shape index (κ2) is 7.99. The number of nitrogens with zero attached hydrogens (tertiary/aromatic N) is 1. The molecule has 1 N–H and O–H groups in total. The van der Waals surface area contributed by atoms with E-state index in [-0.39, 0.29) is 25.0 Å². The third kappa shape index (κ3) is 4.98. The van der Waals surface area contributed by atoms with E-state index in [2.05, 4.69) is 0 Å². The number of benzene rings is 1. The van der Waals surface area contributed by atoms with E-state index in [1.54, 1.807) is 4.90 Å². The summed E-state index contributed by atoms with van der Waals surface area (Å²) >= 11 is 0. The third-order valence-electron chi connectivity index (χ3n) is 4.32. The van der Waals surface area contributed by atoms with Crippen molar-refractivity contribution in [3.05, 3.63) is 29.3 Å². The number of carbonyl (C=O) groups excluding carboxylic acids is 1. The number of aliphatic carboxylic acids is 1. The zero-order valence-corrected chi connectivity index (χ0v) is 13.9. The van der Waals surface area contributed by atoms with Gasteiger partial charge in [-0.15, -0.1) is 0 Å². The number of piperidine rings is 1. The predicted molar refractivity (Wildman–Crippen MR) is 87.6 cm³/mol. The van der Waals surface area contributed by atoms with Crippen LogP contribution >= 0.6 is 0 Å². The molecule has 23 heavy (non-hydrogen) atoms. The Bertz CT molecular complexity index is 570. The van der Waals surface area contributed by atoms with Crippen LogP contribution in [0.4, 0.5) is 0 Å². The van der Waals surface area contributed by atoms with E-state index in [0.29, 0.717) is 13.0 Å². The smallest absolute Gasteiger partial charge is 0.303 e. The van der Waals surface area contributed by atoms with Gasteiger partial charge in [-0.1, -0.05) is 17.7 Å². The van der Waals surface area contributed by atoms with E-state index >= 15 is 0 Å². The molecular weight excluding hydrogens is 294 g/mol. The highest BCUT2D eigenvalue weighted by Gasteiger charge is 2.27. The van der Waals surface area contributed by atoms with Gasteiger partial charge in [0.1, 0.15) is 5.75 Å². The van der Waals surface area contributed by atoms with Crippen molar-refractivity contribution < 1.29 is 19.4 Å². The monoisotopic (exact) mass is 319 g/mol. The minimum absolute atomic E-state index is 0.00741. The van der Waals surface area contributed by atoms with Crippen LogP contribution in [0.1, 0.15) is 43.2 Å². The van der Waals surface area contributed by atoms with Gasteiger partial charge in [-0.2, -0.15) is 0 Å². The molecule has 1 aromatic rings. The van der Waals surface area contributed by atoms with Gasteiger partial charge in [0.05, 0.1) is 0 Å².